The van der Waals surface area contributed by atoms with Crippen LogP contribution in [0.15, 0.2) is 57.4 Å². The summed E-state index contributed by atoms with van der Waals surface area (Å²) < 4.78 is 17.7. The van der Waals surface area contributed by atoms with Crippen molar-refractivity contribution in [2.45, 2.75) is 26.9 Å². The first-order chi connectivity index (χ1) is 15.6. The van der Waals surface area contributed by atoms with Gasteiger partial charge in [-0.3, -0.25) is 10.2 Å². The number of nitrogens with one attached hydrogen (secondary N) is 1. The number of benzene rings is 2. The summed E-state index contributed by atoms with van der Waals surface area (Å²) in [6, 6.07) is 13.6. The standard InChI is InChI=1S/C23H24BrN3O4S/c1-3-29-21-11-17(7-10-20(21)31-14-16-5-8-18(24)9-6-16)13-25-27-23-26-19(15-32-23)12-22(28)30-4-2/h5-11,13,15H,3-4,12,14H2,1-2H3,(H,26,27). The van der Waals surface area contributed by atoms with E-state index >= 15 is 0 Å². The zero-order chi connectivity index (χ0) is 22.8. The molecule has 0 amide bonds. The fourth-order valence-corrected chi connectivity index (χ4v) is 3.62. The minimum absolute atomic E-state index is 0.148. The lowest BCUT2D eigenvalue weighted by atomic mass is 10.2. The number of anilines is 1. The van der Waals surface area contributed by atoms with E-state index in [1.54, 1.807) is 18.5 Å². The molecule has 0 aliphatic carbocycles. The number of rotatable bonds is 11. The fourth-order valence-electron chi connectivity index (χ4n) is 2.70. The van der Waals surface area contributed by atoms with E-state index in [9.17, 15) is 4.79 Å². The monoisotopic (exact) mass is 517 g/mol. The number of carbonyl (C=O) groups excluding carboxylic acids is 1. The van der Waals surface area contributed by atoms with Gasteiger partial charge >= 0.3 is 5.97 Å². The predicted octanol–water partition coefficient (Wildman–Crippen LogP) is 5.43. The van der Waals surface area contributed by atoms with E-state index in [2.05, 4.69) is 31.4 Å². The van der Waals surface area contributed by atoms with Gasteiger partial charge in [0.1, 0.15) is 6.61 Å². The number of esters is 1. The number of aromatic nitrogens is 1. The van der Waals surface area contributed by atoms with E-state index in [4.69, 9.17) is 14.2 Å². The lowest BCUT2D eigenvalue weighted by Crippen LogP contribution is -2.07. The van der Waals surface area contributed by atoms with Gasteiger partial charge in [0.25, 0.3) is 0 Å². The molecule has 1 heterocycles. The molecular weight excluding hydrogens is 494 g/mol. The maximum atomic E-state index is 11.5. The highest BCUT2D eigenvalue weighted by atomic mass is 79.9. The molecule has 32 heavy (non-hydrogen) atoms. The average molecular weight is 518 g/mol. The summed E-state index contributed by atoms with van der Waals surface area (Å²) >= 11 is 4.81. The Kier molecular flexibility index (Phi) is 9.06. The summed E-state index contributed by atoms with van der Waals surface area (Å²) in [6.07, 6.45) is 1.82. The van der Waals surface area contributed by atoms with Crippen LogP contribution in [0.2, 0.25) is 0 Å². The molecule has 1 N–H and O–H groups in total. The molecule has 1 aromatic heterocycles. The van der Waals surface area contributed by atoms with Crippen LogP contribution in [0.1, 0.15) is 30.7 Å². The van der Waals surface area contributed by atoms with Gasteiger partial charge < -0.3 is 14.2 Å². The van der Waals surface area contributed by atoms with Crippen molar-refractivity contribution in [1.29, 1.82) is 0 Å². The molecule has 0 unspecified atom stereocenters. The molecule has 7 nitrogen and oxygen atoms in total. The molecule has 2 aromatic carbocycles. The van der Waals surface area contributed by atoms with Crippen molar-refractivity contribution in [1.82, 2.24) is 4.98 Å². The average Bonchev–Trinajstić information content (AvgIpc) is 3.21. The Morgan fingerprint density at radius 1 is 1.12 bits per heavy atom. The Morgan fingerprint density at radius 2 is 1.94 bits per heavy atom. The summed E-state index contributed by atoms with van der Waals surface area (Å²) in [4.78, 5) is 15.9. The Bertz CT molecular complexity index is 1050. The SMILES string of the molecule is CCOC(=O)Cc1csc(NN=Cc2ccc(OCc3ccc(Br)cc3)c(OCC)c2)n1. The predicted molar refractivity (Wildman–Crippen MR) is 130 cm³/mol. The molecule has 0 atom stereocenters. The van der Waals surface area contributed by atoms with Crippen molar-refractivity contribution in [2.75, 3.05) is 18.6 Å². The van der Waals surface area contributed by atoms with Gasteiger partial charge in [-0.15, -0.1) is 11.3 Å². The Morgan fingerprint density at radius 3 is 2.69 bits per heavy atom. The lowest BCUT2D eigenvalue weighted by molar-refractivity contribution is -0.142. The van der Waals surface area contributed by atoms with Crippen LogP contribution >= 0.6 is 27.3 Å². The summed E-state index contributed by atoms with van der Waals surface area (Å²) in [5.41, 5.74) is 5.45. The molecule has 0 bridgehead atoms. The number of carbonyl (C=O) groups is 1. The highest BCUT2D eigenvalue weighted by Gasteiger charge is 2.09. The fraction of sp³-hybridized carbons (Fsp3) is 0.261. The van der Waals surface area contributed by atoms with Crippen LogP contribution in [-0.2, 0) is 22.6 Å². The van der Waals surface area contributed by atoms with Crippen molar-refractivity contribution in [3.05, 3.63) is 69.1 Å². The zero-order valence-electron chi connectivity index (χ0n) is 17.8. The van der Waals surface area contributed by atoms with Crippen LogP contribution in [0.25, 0.3) is 0 Å². The number of thiazole rings is 1. The van der Waals surface area contributed by atoms with Crippen LogP contribution in [-0.4, -0.2) is 30.4 Å². The molecule has 168 valence electrons. The second-order valence-electron chi connectivity index (χ2n) is 6.55. The van der Waals surface area contributed by atoms with Crippen molar-refractivity contribution < 1.29 is 19.0 Å². The van der Waals surface area contributed by atoms with Crippen LogP contribution in [0.5, 0.6) is 11.5 Å². The van der Waals surface area contributed by atoms with E-state index in [-0.39, 0.29) is 12.4 Å². The summed E-state index contributed by atoms with van der Waals surface area (Å²) in [5, 5.41) is 6.63. The first-order valence-electron chi connectivity index (χ1n) is 10.1. The molecule has 0 spiro atoms. The highest BCUT2D eigenvalue weighted by molar-refractivity contribution is 9.10. The van der Waals surface area contributed by atoms with Gasteiger partial charge in [-0.1, -0.05) is 28.1 Å². The zero-order valence-corrected chi connectivity index (χ0v) is 20.2. The van der Waals surface area contributed by atoms with Crippen LogP contribution < -0.4 is 14.9 Å². The minimum Gasteiger partial charge on any atom is -0.490 e. The summed E-state index contributed by atoms with van der Waals surface area (Å²) in [5.74, 6) is 1.03. The molecule has 0 radical (unpaired) electrons. The van der Waals surface area contributed by atoms with Crippen molar-refractivity contribution >= 4 is 44.6 Å². The van der Waals surface area contributed by atoms with Gasteiger partial charge in [0.15, 0.2) is 11.5 Å². The first-order valence-corrected chi connectivity index (χ1v) is 11.8. The van der Waals surface area contributed by atoms with Gasteiger partial charge in [0.2, 0.25) is 5.13 Å². The molecule has 0 aliphatic rings. The summed E-state index contributed by atoms with van der Waals surface area (Å²) in [7, 11) is 0. The van der Waals surface area contributed by atoms with Crippen molar-refractivity contribution in [2.24, 2.45) is 5.10 Å². The molecule has 3 rings (SSSR count). The van der Waals surface area contributed by atoms with Crippen molar-refractivity contribution in [3.8, 4) is 11.5 Å². The van der Waals surface area contributed by atoms with E-state index in [1.807, 2.05) is 49.4 Å². The quantitative estimate of drug-likeness (QED) is 0.207. The van der Waals surface area contributed by atoms with Crippen molar-refractivity contribution in [3.63, 3.8) is 0 Å². The molecule has 0 saturated carbocycles. The highest BCUT2D eigenvalue weighted by Crippen LogP contribution is 2.29. The number of halogens is 1. The van der Waals surface area contributed by atoms with Crippen LogP contribution in [0.3, 0.4) is 0 Å². The first kappa shape index (κ1) is 23.7. The second kappa shape index (κ2) is 12.2. The second-order valence-corrected chi connectivity index (χ2v) is 8.32. The maximum Gasteiger partial charge on any atom is 0.311 e. The van der Waals surface area contributed by atoms with Gasteiger partial charge in [-0.05, 0) is 55.3 Å². The van der Waals surface area contributed by atoms with E-state index < -0.39 is 0 Å². The van der Waals surface area contributed by atoms with E-state index in [1.165, 1.54) is 11.3 Å². The molecular formula is C23H24BrN3O4S. The lowest BCUT2D eigenvalue weighted by Gasteiger charge is -2.12. The number of hydrazone groups is 1. The Labute approximate surface area is 199 Å². The maximum absolute atomic E-state index is 11.5. The third-order valence-electron chi connectivity index (χ3n) is 4.13. The number of hydrogen-bond acceptors (Lipinski definition) is 8. The molecule has 0 fully saturated rings. The smallest absolute Gasteiger partial charge is 0.311 e. The number of ether oxygens (including phenoxy) is 3. The van der Waals surface area contributed by atoms with E-state index in [0.717, 1.165) is 15.6 Å². The van der Waals surface area contributed by atoms with Gasteiger partial charge in [-0.25, -0.2) is 4.98 Å². The van der Waals surface area contributed by atoms with Gasteiger partial charge in [0.05, 0.1) is 31.5 Å². The molecule has 3 aromatic rings. The molecule has 9 heteroatoms. The van der Waals surface area contributed by atoms with Crippen LogP contribution in [0.4, 0.5) is 5.13 Å². The normalized spacial score (nSPS) is 10.8. The molecule has 0 saturated heterocycles. The third kappa shape index (κ3) is 7.35. The topological polar surface area (TPSA) is 82.0 Å². The molecule has 0 aliphatic heterocycles. The summed E-state index contributed by atoms with van der Waals surface area (Å²) in [6.45, 7) is 5.03. The van der Waals surface area contributed by atoms with E-state index in [0.29, 0.717) is 42.1 Å². The number of nitrogens with zero attached hydrogens (tertiary/aromatic N) is 2. The van der Waals surface area contributed by atoms with Crippen LogP contribution in [0, 0.1) is 0 Å². The Balaban J connectivity index is 1.59. The van der Waals surface area contributed by atoms with Gasteiger partial charge in [-0.2, -0.15) is 5.10 Å². The Hall–Kier alpha value is -2.91. The minimum atomic E-state index is -0.293. The third-order valence-corrected chi connectivity index (χ3v) is 5.46. The largest absolute Gasteiger partial charge is 0.490 e. The number of hydrogen-bond donors (Lipinski definition) is 1. The van der Waals surface area contributed by atoms with Gasteiger partial charge in [0, 0.05) is 9.85 Å².